The summed E-state index contributed by atoms with van der Waals surface area (Å²) in [7, 11) is 1.49. The Hall–Kier alpha value is -1.38. The summed E-state index contributed by atoms with van der Waals surface area (Å²) < 4.78 is 4.82. The summed E-state index contributed by atoms with van der Waals surface area (Å²) in [6.07, 6.45) is 4.92. The lowest BCUT2D eigenvalue weighted by atomic mass is 10.1. The number of methoxy groups -OCH3 is 1. The van der Waals surface area contributed by atoms with Crippen molar-refractivity contribution in [1.29, 1.82) is 10.8 Å². The summed E-state index contributed by atoms with van der Waals surface area (Å²) >= 11 is 0. The van der Waals surface area contributed by atoms with E-state index in [1.54, 1.807) is 18.2 Å². The molecule has 0 fully saturated rings. The van der Waals surface area contributed by atoms with Gasteiger partial charge in [-0.3, -0.25) is 10.8 Å². The molecule has 3 heteroatoms. The summed E-state index contributed by atoms with van der Waals surface area (Å²) in [5.41, 5.74) is 0.337. The van der Waals surface area contributed by atoms with Gasteiger partial charge in [0.15, 0.2) is 0 Å². The van der Waals surface area contributed by atoms with Crippen molar-refractivity contribution in [2.24, 2.45) is 0 Å². The third-order valence-corrected chi connectivity index (χ3v) is 1.25. The van der Waals surface area contributed by atoms with Gasteiger partial charge in [0, 0.05) is 0 Å². The molecule has 0 aromatic heterocycles. The van der Waals surface area contributed by atoms with Crippen LogP contribution in [-0.4, -0.2) is 18.5 Å². The Morgan fingerprint density at radius 1 is 1.40 bits per heavy atom. The second-order valence-corrected chi connectivity index (χ2v) is 1.88. The molecule has 0 aromatic carbocycles. The largest absolute Gasteiger partial charge is 0.494 e. The van der Waals surface area contributed by atoms with E-state index in [1.165, 1.54) is 7.11 Å². The minimum absolute atomic E-state index is 0.144. The SMILES string of the molecule is COC1=CC=CC(=N)C1=N. The average molecular weight is 136 g/mol. The van der Waals surface area contributed by atoms with Crippen LogP contribution in [0.2, 0.25) is 0 Å². The predicted molar refractivity (Wildman–Crippen MR) is 39.7 cm³/mol. The van der Waals surface area contributed by atoms with Gasteiger partial charge < -0.3 is 4.74 Å². The van der Waals surface area contributed by atoms with E-state index in [0.29, 0.717) is 5.76 Å². The van der Waals surface area contributed by atoms with Crippen molar-refractivity contribution in [2.75, 3.05) is 7.11 Å². The van der Waals surface area contributed by atoms with Gasteiger partial charge in [-0.15, -0.1) is 0 Å². The first-order chi connectivity index (χ1) is 4.75. The Bertz CT molecular complexity index is 238. The highest BCUT2D eigenvalue weighted by atomic mass is 16.5. The zero-order chi connectivity index (χ0) is 7.56. The zero-order valence-electron chi connectivity index (χ0n) is 5.64. The van der Waals surface area contributed by atoms with Crippen molar-refractivity contribution in [3.8, 4) is 0 Å². The van der Waals surface area contributed by atoms with Crippen LogP contribution in [0.3, 0.4) is 0 Å². The fraction of sp³-hybridized carbons (Fsp3) is 0.143. The van der Waals surface area contributed by atoms with Crippen molar-refractivity contribution in [3.63, 3.8) is 0 Å². The zero-order valence-corrected chi connectivity index (χ0v) is 5.64. The minimum atomic E-state index is 0.144. The van der Waals surface area contributed by atoms with Gasteiger partial charge in [0.25, 0.3) is 0 Å². The Morgan fingerprint density at radius 3 is 2.60 bits per heavy atom. The molecule has 1 rings (SSSR count). The number of hydrogen-bond acceptors (Lipinski definition) is 3. The van der Waals surface area contributed by atoms with Crippen LogP contribution in [0.4, 0.5) is 0 Å². The third kappa shape index (κ3) is 0.978. The van der Waals surface area contributed by atoms with Crippen LogP contribution in [0.25, 0.3) is 0 Å². The molecule has 0 saturated heterocycles. The van der Waals surface area contributed by atoms with Crippen LogP contribution in [0.5, 0.6) is 0 Å². The summed E-state index contributed by atoms with van der Waals surface area (Å²) in [4.78, 5) is 0. The van der Waals surface area contributed by atoms with Gasteiger partial charge in [0.1, 0.15) is 11.5 Å². The molecule has 0 heterocycles. The molecular weight excluding hydrogens is 128 g/mol. The quantitative estimate of drug-likeness (QED) is 0.521. The highest BCUT2D eigenvalue weighted by Crippen LogP contribution is 2.05. The van der Waals surface area contributed by atoms with Gasteiger partial charge in [-0.1, -0.05) is 6.08 Å². The van der Waals surface area contributed by atoms with E-state index in [2.05, 4.69) is 0 Å². The van der Waals surface area contributed by atoms with Crippen molar-refractivity contribution in [2.45, 2.75) is 0 Å². The standard InChI is InChI=1S/C7H8N2O/c1-10-6-4-2-3-5(8)7(6)9/h2-4,8-9H,1H3. The molecule has 10 heavy (non-hydrogen) atoms. The molecule has 3 nitrogen and oxygen atoms in total. The summed E-state index contributed by atoms with van der Waals surface area (Å²) in [5.74, 6) is 0.451. The Labute approximate surface area is 59.0 Å². The highest BCUT2D eigenvalue weighted by molar-refractivity contribution is 6.50. The molecular formula is C7H8N2O. The number of allylic oxidation sites excluding steroid dienone is 4. The van der Waals surface area contributed by atoms with E-state index in [9.17, 15) is 0 Å². The molecule has 0 atom stereocenters. The van der Waals surface area contributed by atoms with Gasteiger partial charge in [-0.2, -0.15) is 0 Å². The first kappa shape index (κ1) is 6.74. The van der Waals surface area contributed by atoms with Gasteiger partial charge in [0.2, 0.25) is 0 Å². The maximum Gasteiger partial charge on any atom is 0.145 e. The normalized spacial score (nSPS) is 17.1. The summed E-state index contributed by atoms with van der Waals surface area (Å²) in [6.45, 7) is 0. The molecule has 0 saturated carbocycles. The van der Waals surface area contributed by atoms with E-state index in [4.69, 9.17) is 15.6 Å². The van der Waals surface area contributed by atoms with E-state index in [-0.39, 0.29) is 11.4 Å². The first-order valence-electron chi connectivity index (χ1n) is 2.86. The van der Waals surface area contributed by atoms with Gasteiger partial charge >= 0.3 is 0 Å². The van der Waals surface area contributed by atoms with Crippen LogP contribution >= 0.6 is 0 Å². The predicted octanol–water partition coefficient (Wildman–Crippen LogP) is 1.13. The van der Waals surface area contributed by atoms with Crippen LogP contribution in [0.15, 0.2) is 24.0 Å². The molecule has 0 bridgehead atoms. The van der Waals surface area contributed by atoms with Crippen LogP contribution < -0.4 is 0 Å². The van der Waals surface area contributed by atoms with Crippen LogP contribution in [-0.2, 0) is 4.74 Å². The molecule has 1 aliphatic carbocycles. The lowest BCUT2D eigenvalue weighted by Gasteiger charge is -2.08. The topological polar surface area (TPSA) is 56.9 Å². The number of hydrogen-bond donors (Lipinski definition) is 2. The molecule has 0 radical (unpaired) electrons. The second kappa shape index (κ2) is 2.47. The lowest BCUT2D eigenvalue weighted by Crippen LogP contribution is -2.15. The van der Waals surface area contributed by atoms with E-state index in [1.807, 2.05) is 0 Å². The molecule has 0 aliphatic heterocycles. The van der Waals surface area contributed by atoms with Crippen molar-refractivity contribution >= 4 is 11.4 Å². The fourth-order valence-electron chi connectivity index (χ4n) is 0.701. The van der Waals surface area contributed by atoms with Crippen molar-refractivity contribution < 1.29 is 4.74 Å². The van der Waals surface area contributed by atoms with Gasteiger partial charge in [-0.25, -0.2) is 0 Å². The van der Waals surface area contributed by atoms with E-state index < -0.39 is 0 Å². The maximum atomic E-state index is 7.28. The summed E-state index contributed by atoms with van der Waals surface area (Å²) in [6, 6.07) is 0. The minimum Gasteiger partial charge on any atom is -0.494 e. The highest BCUT2D eigenvalue weighted by Gasteiger charge is 2.10. The Balaban J connectivity index is 2.92. The first-order valence-corrected chi connectivity index (χ1v) is 2.86. The lowest BCUT2D eigenvalue weighted by molar-refractivity contribution is 0.315. The molecule has 52 valence electrons. The molecule has 0 unspecified atom stereocenters. The molecule has 0 amide bonds. The van der Waals surface area contributed by atoms with Gasteiger partial charge in [0.05, 0.1) is 12.8 Å². The van der Waals surface area contributed by atoms with Crippen molar-refractivity contribution in [3.05, 3.63) is 24.0 Å². The van der Waals surface area contributed by atoms with Gasteiger partial charge in [-0.05, 0) is 12.2 Å². The second-order valence-electron chi connectivity index (χ2n) is 1.88. The number of rotatable bonds is 1. The Morgan fingerprint density at radius 2 is 2.10 bits per heavy atom. The molecule has 0 aromatic rings. The van der Waals surface area contributed by atoms with Crippen molar-refractivity contribution in [1.82, 2.24) is 0 Å². The summed E-state index contributed by atoms with van der Waals surface area (Å²) in [5, 5.41) is 14.5. The third-order valence-electron chi connectivity index (χ3n) is 1.25. The van der Waals surface area contributed by atoms with E-state index >= 15 is 0 Å². The van der Waals surface area contributed by atoms with E-state index in [0.717, 1.165) is 0 Å². The fourth-order valence-corrected chi connectivity index (χ4v) is 0.701. The van der Waals surface area contributed by atoms with Crippen LogP contribution in [0, 0.1) is 10.8 Å². The number of ether oxygens (including phenoxy) is 1. The smallest absolute Gasteiger partial charge is 0.145 e. The molecule has 1 aliphatic rings. The monoisotopic (exact) mass is 136 g/mol. The van der Waals surface area contributed by atoms with Crippen LogP contribution in [0.1, 0.15) is 0 Å². The molecule has 2 N–H and O–H groups in total. The maximum absolute atomic E-state index is 7.28. The number of nitrogens with one attached hydrogen (secondary N) is 2. The average Bonchev–Trinajstić information content (AvgIpc) is 1.95. The molecule has 0 spiro atoms. The Kier molecular flexibility index (Phi) is 1.67.